The van der Waals surface area contributed by atoms with Gasteiger partial charge in [0.1, 0.15) is 6.33 Å². The lowest BCUT2D eigenvalue weighted by molar-refractivity contribution is 0.0653. The number of amides is 1. The fraction of sp³-hybridized carbons (Fsp3) is 0.318. The number of H-pyrrole nitrogens is 1. The summed E-state index contributed by atoms with van der Waals surface area (Å²) >= 11 is 0. The van der Waals surface area contributed by atoms with Crippen molar-refractivity contribution in [3.63, 3.8) is 0 Å². The molecule has 3 aromatic rings. The van der Waals surface area contributed by atoms with Crippen molar-refractivity contribution in [3.05, 3.63) is 72.1 Å². The summed E-state index contributed by atoms with van der Waals surface area (Å²) in [6.45, 7) is 1.49. The van der Waals surface area contributed by atoms with Crippen molar-refractivity contribution in [3.8, 4) is 11.4 Å². The van der Waals surface area contributed by atoms with E-state index in [0.717, 1.165) is 31.5 Å². The van der Waals surface area contributed by atoms with Crippen LogP contribution in [-0.4, -0.2) is 51.2 Å². The maximum Gasteiger partial charge on any atom is 0.254 e. The number of hydrogen-bond donors (Lipinski definition) is 3. The van der Waals surface area contributed by atoms with Gasteiger partial charge in [-0.2, -0.15) is 5.10 Å². The third-order valence-corrected chi connectivity index (χ3v) is 6.04. The lowest BCUT2D eigenvalue weighted by Crippen LogP contribution is -2.49. The Morgan fingerprint density at radius 1 is 1.07 bits per heavy atom. The fourth-order valence-electron chi connectivity index (χ4n) is 4.53. The summed E-state index contributed by atoms with van der Waals surface area (Å²) in [5.41, 5.74) is 9.69. The summed E-state index contributed by atoms with van der Waals surface area (Å²) < 4.78 is 0. The van der Waals surface area contributed by atoms with E-state index >= 15 is 0 Å². The Morgan fingerprint density at radius 3 is 2.72 bits per heavy atom. The van der Waals surface area contributed by atoms with Gasteiger partial charge >= 0.3 is 0 Å². The molecule has 0 bridgehead atoms. The molecule has 148 valence electrons. The van der Waals surface area contributed by atoms with E-state index in [1.54, 1.807) is 0 Å². The standard InChI is InChI=1S/C22H24N6O/c29-22(17-9-5-4-8-16(17)21-23-14-24-27-21)28-11-10-19-18(13-28)20(26-25-19)12-15-6-2-1-3-7-15/h1-9,14,18-20,25-26H,10-13H2,(H,23,24,27). The second-order valence-corrected chi connectivity index (χ2v) is 7.77. The highest BCUT2D eigenvalue weighted by Crippen LogP contribution is 2.29. The van der Waals surface area contributed by atoms with Crippen molar-refractivity contribution in [2.75, 3.05) is 13.1 Å². The third kappa shape index (κ3) is 3.54. The van der Waals surface area contributed by atoms with Gasteiger partial charge in [-0.1, -0.05) is 48.5 Å². The molecule has 3 heterocycles. The SMILES string of the molecule is O=C(c1ccccc1-c1ncn[nH]1)N1CCC2NNC(Cc3ccccc3)C2C1. The number of rotatable bonds is 4. The monoisotopic (exact) mass is 388 g/mol. The van der Waals surface area contributed by atoms with Crippen LogP contribution in [0.2, 0.25) is 0 Å². The van der Waals surface area contributed by atoms with Gasteiger partial charge in [0.15, 0.2) is 5.82 Å². The summed E-state index contributed by atoms with van der Waals surface area (Å²) in [7, 11) is 0. The Balaban J connectivity index is 1.35. The summed E-state index contributed by atoms with van der Waals surface area (Å²) in [5.74, 6) is 1.06. The minimum atomic E-state index is 0.0563. The van der Waals surface area contributed by atoms with Crippen molar-refractivity contribution in [2.24, 2.45) is 5.92 Å². The van der Waals surface area contributed by atoms with Gasteiger partial charge < -0.3 is 4.90 Å². The minimum Gasteiger partial charge on any atom is -0.338 e. The molecule has 3 N–H and O–H groups in total. The Hall–Kier alpha value is -3.03. The first-order valence-corrected chi connectivity index (χ1v) is 10.1. The zero-order valence-corrected chi connectivity index (χ0v) is 16.1. The number of carbonyl (C=O) groups excluding carboxylic acids is 1. The number of nitrogens with one attached hydrogen (secondary N) is 3. The van der Waals surface area contributed by atoms with E-state index in [0.29, 0.717) is 29.4 Å². The van der Waals surface area contributed by atoms with E-state index in [9.17, 15) is 4.79 Å². The molecule has 3 unspecified atom stereocenters. The van der Waals surface area contributed by atoms with Crippen LogP contribution in [0.4, 0.5) is 0 Å². The first-order valence-electron chi connectivity index (χ1n) is 10.1. The second-order valence-electron chi connectivity index (χ2n) is 7.77. The molecule has 0 saturated carbocycles. The average molecular weight is 388 g/mol. The topological polar surface area (TPSA) is 85.9 Å². The van der Waals surface area contributed by atoms with Gasteiger partial charge in [-0.25, -0.2) is 4.98 Å². The van der Waals surface area contributed by atoms with Gasteiger partial charge in [0.2, 0.25) is 0 Å². The van der Waals surface area contributed by atoms with Crippen LogP contribution in [0.1, 0.15) is 22.3 Å². The lowest BCUT2D eigenvalue weighted by Gasteiger charge is -2.36. The van der Waals surface area contributed by atoms with Crippen molar-refractivity contribution in [1.29, 1.82) is 0 Å². The van der Waals surface area contributed by atoms with E-state index in [4.69, 9.17) is 0 Å². The van der Waals surface area contributed by atoms with Gasteiger partial charge in [-0.3, -0.25) is 20.7 Å². The Labute approximate surface area is 169 Å². The van der Waals surface area contributed by atoms with Crippen LogP contribution in [0, 0.1) is 5.92 Å². The highest BCUT2D eigenvalue weighted by molar-refractivity contribution is 6.00. The molecule has 0 aliphatic carbocycles. The quantitative estimate of drug-likeness (QED) is 0.637. The van der Waals surface area contributed by atoms with E-state index < -0.39 is 0 Å². The number of fused-ring (bicyclic) bond motifs is 1. The van der Waals surface area contributed by atoms with E-state index in [-0.39, 0.29) is 5.91 Å². The molecule has 1 aromatic heterocycles. The number of hydrogen-bond acceptors (Lipinski definition) is 5. The number of likely N-dealkylation sites (tertiary alicyclic amines) is 1. The number of piperidine rings is 1. The molecule has 2 fully saturated rings. The average Bonchev–Trinajstić information content (AvgIpc) is 3.44. The minimum absolute atomic E-state index is 0.0563. The van der Waals surface area contributed by atoms with Crippen LogP contribution in [0.3, 0.4) is 0 Å². The van der Waals surface area contributed by atoms with E-state index in [1.807, 2.05) is 35.2 Å². The van der Waals surface area contributed by atoms with Crippen LogP contribution in [-0.2, 0) is 6.42 Å². The van der Waals surface area contributed by atoms with Crippen LogP contribution < -0.4 is 10.9 Å². The molecule has 2 aromatic carbocycles. The van der Waals surface area contributed by atoms with Crippen molar-refractivity contribution >= 4 is 5.91 Å². The predicted octanol–water partition coefficient (Wildman–Crippen LogP) is 2.02. The Kier molecular flexibility index (Phi) is 4.83. The number of nitrogens with zero attached hydrogens (tertiary/aromatic N) is 3. The number of hydrazine groups is 1. The summed E-state index contributed by atoms with van der Waals surface area (Å²) in [6, 6.07) is 18.8. The van der Waals surface area contributed by atoms with Gasteiger partial charge in [-0.05, 0) is 24.5 Å². The molecular formula is C22H24N6O. The molecule has 3 atom stereocenters. The number of carbonyl (C=O) groups is 1. The number of benzene rings is 2. The van der Waals surface area contributed by atoms with Crippen LogP contribution in [0.25, 0.3) is 11.4 Å². The Morgan fingerprint density at radius 2 is 1.90 bits per heavy atom. The molecule has 0 spiro atoms. The van der Waals surface area contributed by atoms with E-state index in [2.05, 4.69) is 50.3 Å². The van der Waals surface area contributed by atoms with E-state index in [1.165, 1.54) is 11.9 Å². The summed E-state index contributed by atoms with van der Waals surface area (Å²) in [6.07, 6.45) is 3.36. The predicted molar refractivity (Wildman–Crippen MR) is 110 cm³/mol. The molecule has 2 aliphatic rings. The second kappa shape index (κ2) is 7.77. The maximum absolute atomic E-state index is 13.4. The van der Waals surface area contributed by atoms with Gasteiger partial charge in [0, 0.05) is 36.7 Å². The summed E-state index contributed by atoms with van der Waals surface area (Å²) in [4.78, 5) is 19.6. The first-order chi connectivity index (χ1) is 14.3. The maximum atomic E-state index is 13.4. The van der Waals surface area contributed by atoms with Crippen molar-refractivity contribution < 1.29 is 4.79 Å². The molecule has 2 aliphatic heterocycles. The van der Waals surface area contributed by atoms with Gasteiger partial charge in [0.25, 0.3) is 5.91 Å². The third-order valence-electron chi connectivity index (χ3n) is 6.04. The molecule has 0 radical (unpaired) electrons. The molecule has 2 saturated heterocycles. The zero-order chi connectivity index (χ0) is 19.6. The Bertz CT molecular complexity index is 974. The molecule has 29 heavy (non-hydrogen) atoms. The van der Waals surface area contributed by atoms with Crippen LogP contribution in [0.5, 0.6) is 0 Å². The molecule has 1 amide bonds. The number of aromatic nitrogens is 3. The largest absolute Gasteiger partial charge is 0.338 e. The number of aromatic amines is 1. The fourth-order valence-corrected chi connectivity index (χ4v) is 4.53. The lowest BCUT2D eigenvalue weighted by atomic mass is 9.85. The smallest absolute Gasteiger partial charge is 0.254 e. The van der Waals surface area contributed by atoms with Crippen molar-refractivity contribution in [1.82, 2.24) is 30.9 Å². The van der Waals surface area contributed by atoms with Crippen LogP contribution in [0.15, 0.2) is 60.9 Å². The molecule has 7 nitrogen and oxygen atoms in total. The molecule has 7 heteroatoms. The van der Waals surface area contributed by atoms with Crippen molar-refractivity contribution in [2.45, 2.75) is 24.9 Å². The normalized spacial score (nSPS) is 23.7. The highest BCUT2D eigenvalue weighted by Gasteiger charge is 2.41. The van der Waals surface area contributed by atoms with Gasteiger partial charge in [-0.15, -0.1) is 0 Å². The van der Waals surface area contributed by atoms with Gasteiger partial charge in [0.05, 0.1) is 5.56 Å². The first kappa shape index (κ1) is 18.0. The van der Waals surface area contributed by atoms with Crippen LogP contribution >= 0.6 is 0 Å². The summed E-state index contributed by atoms with van der Waals surface area (Å²) in [5, 5.41) is 6.80. The highest BCUT2D eigenvalue weighted by atomic mass is 16.2. The molecular weight excluding hydrogens is 364 g/mol. The zero-order valence-electron chi connectivity index (χ0n) is 16.1. The molecule has 5 rings (SSSR count).